The van der Waals surface area contributed by atoms with Crippen LogP contribution in [0.5, 0.6) is 0 Å². The van der Waals surface area contributed by atoms with E-state index in [-0.39, 0.29) is 11.9 Å². The molecule has 2 heterocycles. The van der Waals surface area contributed by atoms with Gasteiger partial charge >= 0.3 is 5.97 Å². The molecule has 0 spiro atoms. The number of esters is 1. The molecule has 0 saturated carbocycles. The molecule has 1 aromatic heterocycles. The van der Waals surface area contributed by atoms with Crippen molar-refractivity contribution in [2.24, 2.45) is 0 Å². The number of piperidine rings is 1. The van der Waals surface area contributed by atoms with Crippen molar-refractivity contribution >= 4 is 11.9 Å². The summed E-state index contributed by atoms with van der Waals surface area (Å²) in [5.74, 6) is -0.0807. The molecular weight excluding hydrogens is 248 g/mol. The summed E-state index contributed by atoms with van der Waals surface area (Å²) in [7, 11) is 1.34. The molecule has 1 aliphatic heterocycles. The number of amides is 1. The first-order valence-corrected chi connectivity index (χ1v) is 6.38. The minimum atomic E-state index is -0.500. The molecule has 1 atom stereocenters. The van der Waals surface area contributed by atoms with E-state index >= 15 is 0 Å². The number of likely N-dealkylation sites (tertiary alicyclic amines) is 1. The minimum absolute atomic E-state index is 0.202. The summed E-state index contributed by atoms with van der Waals surface area (Å²) in [6, 6.07) is -0.500. The van der Waals surface area contributed by atoms with Crippen LogP contribution < -0.4 is 0 Å². The highest BCUT2D eigenvalue weighted by Crippen LogP contribution is 2.23. The molecule has 6 nitrogen and oxygen atoms in total. The second-order valence-corrected chi connectivity index (χ2v) is 4.73. The molecule has 0 radical (unpaired) electrons. The van der Waals surface area contributed by atoms with Crippen molar-refractivity contribution in [2.45, 2.75) is 39.2 Å². The van der Waals surface area contributed by atoms with Gasteiger partial charge in [-0.3, -0.25) is 4.79 Å². The summed E-state index contributed by atoms with van der Waals surface area (Å²) < 4.78 is 9.79. The standard InChI is InChI=1S/C13H18N2O4/c1-8-11(9(2)19-14-8)12(16)15-7-5-4-6-10(15)13(17)18-3/h10H,4-7H2,1-3H3. The Hall–Kier alpha value is -1.85. The quantitative estimate of drug-likeness (QED) is 0.758. The largest absolute Gasteiger partial charge is 0.467 e. The Morgan fingerprint density at radius 1 is 1.37 bits per heavy atom. The lowest BCUT2D eigenvalue weighted by atomic mass is 10.0. The van der Waals surface area contributed by atoms with Gasteiger partial charge in [0, 0.05) is 6.54 Å². The van der Waals surface area contributed by atoms with Gasteiger partial charge in [-0.05, 0) is 33.1 Å². The number of aromatic nitrogens is 1. The fourth-order valence-corrected chi connectivity index (χ4v) is 2.49. The van der Waals surface area contributed by atoms with E-state index in [1.165, 1.54) is 7.11 Å². The van der Waals surface area contributed by atoms with Crippen molar-refractivity contribution in [2.75, 3.05) is 13.7 Å². The predicted octanol–water partition coefficient (Wildman–Crippen LogP) is 1.46. The van der Waals surface area contributed by atoms with Crippen molar-refractivity contribution in [3.8, 4) is 0 Å². The monoisotopic (exact) mass is 266 g/mol. The van der Waals surface area contributed by atoms with Gasteiger partial charge in [-0.2, -0.15) is 0 Å². The van der Waals surface area contributed by atoms with E-state index in [0.717, 1.165) is 12.8 Å². The van der Waals surface area contributed by atoms with Gasteiger partial charge in [0.2, 0.25) is 0 Å². The van der Waals surface area contributed by atoms with Gasteiger partial charge < -0.3 is 14.2 Å². The van der Waals surface area contributed by atoms with Crippen molar-refractivity contribution in [3.05, 3.63) is 17.0 Å². The fourth-order valence-electron chi connectivity index (χ4n) is 2.49. The van der Waals surface area contributed by atoms with Crippen molar-refractivity contribution < 1.29 is 18.8 Å². The van der Waals surface area contributed by atoms with Gasteiger partial charge in [-0.25, -0.2) is 4.79 Å². The van der Waals surface area contributed by atoms with E-state index in [2.05, 4.69) is 5.16 Å². The Balaban J connectivity index is 2.28. The third-order valence-corrected chi connectivity index (χ3v) is 3.48. The van der Waals surface area contributed by atoms with Crippen LogP contribution in [0.1, 0.15) is 41.1 Å². The van der Waals surface area contributed by atoms with Crippen LogP contribution in [0.2, 0.25) is 0 Å². The Labute approximate surface area is 111 Å². The summed E-state index contributed by atoms with van der Waals surface area (Å²) in [5.41, 5.74) is 1.01. The number of hydrogen-bond donors (Lipinski definition) is 0. The molecule has 0 N–H and O–H groups in total. The first kappa shape index (κ1) is 13.6. The molecule has 2 rings (SSSR count). The van der Waals surface area contributed by atoms with E-state index in [9.17, 15) is 9.59 Å². The zero-order valence-electron chi connectivity index (χ0n) is 11.4. The molecule has 1 aromatic rings. The number of rotatable bonds is 2. The molecule has 6 heteroatoms. The van der Waals surface area contributed by atoms with E-state index < -0.39 is 6.04 Å². The third-order valence-electron chi connectivity index (χ3n) is 3.48. The maximum absolute atomic E-state index is 12.6. The molecule has 1 aliphatic rings. The highest BCUT2D eigenvalue weighted by Gasteiger charge is 2.35. The Bertz CT molecular complexity index is 475. The molecule has 1 unspecified atom stereocenters. The van der Waals surface area contributed by atoms with Crippen LogP contribution in [0.4, 0.5) is 0 Å². The molecule has 1 saturated heterocycles. The molecule has 0 aliphatic carbocycles. The second kappa shape index (κ2) is 5.42. The van der Waals surface area contributed by atoms with Gasteiger partial charge in [0.15, 0.2) is 0 Å². The molecule has 0 aromatic carbocycles. The lowest BCUT2D eigenvalue weighted by molar-refractivity contribution is -0.147. The minimum Gasteiger partial charge on any atom is -0.467 e. The summed E-state index contributed by atoms with van der Waals surface area (Å²) >= 11 is 0. The molecular formula is C13H18N2O4. The van der Waals surface area contributed by atoms with Gasteiger partial charge in [0.05, 0.1) is 12.8 Å². The van der Waals surface area contributed by atoms with Crippen LogP contribution in [0.3, 0.4) is 0 Å². The smallest absolute Gasteiger partial charge is 0.328 e. The lowest BCUT2D eigenvalue weighted by Crippen LogP contribution is -2.48. The molecule has 1 fully saturated rings. The normalized spacial score (nSPS) is 19.3. The zero-order chi connectivity index (χ0) is 14.0. The first-order valence-electron chi connectivity index (χ1n) is 6.38. The number of aryl methyl sites for hydroxylation is 2. The fraction of sp³-hybridized carbons (Fsp3) is 0.615. The van der Waals surface area contributed by atoms with Crippen molar-refractivity contribution in [3.63, 3.8) is 0 Å². The number of carbonyl (C=O) groups excluding carboxylic acids is 2. The zero-order valence-corrected chi connectivity index (χ0v) is 11.4. The SMILES string of the molecule is COC(=O)C1CCCCN1C(=O)c1c(C)noc1C. The summed E-state index contributed by atoms with van der Waals surface area (Å²) in [5, 5.41) is 3.78. The van der Waals surface area contributed by atoms with Crippen LogP contribution >= 0.6 is 0 Å². The van der Waals surface area contributed by atoms with E-state index in [1.807, 2.05) is 0 Å². The van der Waals surface area contributed by atoms with Crippen molar-refractivity contribution in [1.29, 1.82) is 0 Å². The van der Waals surface area contributed by atoms with Crippen molar-refractivity contribution in [1.82, 2.24) is 10.1 Å². The number of nitrogens with zero attached hydrogens (tertiary/aromatic N) is 2. The average Bonchev–Trinajstić information content (AvgIpc) is 2.76. The molecule has 19 heavy (non-hydrogen) atoms. The van der Waals surface area contributed by atoms with Crippen LogP contribution in [-0.2, 0) is 9.53 Å². The summed E-state index contributed by atoms with van der Waals surface area (Å²) in [6.07, 6.45) is 2.45. The number of methoxy groups -OCH3 is 1. The molecule has 0 bridgehead atoms. The molecule has 1 amide bonds. The maximum Gasteiger partial charge on any atom is 0.328 e. The lowest BCUT2D eigenvalue weighted by Gasteiger charge is -2.33. The number of ether oxygens (including phenoxy) is 1. The van der Waals surface area contributed by atoms with Crippen LogP contribution in [0.25, 0.3) is 0 Å². The Morgan fingerprint density at radius 3 is 2.68 bits per heavy atom. The van der Waals surface area contributed by atoms with E-state index in [1.54, 1.807) is 18.7 Å². The maximum atomic E-state index is 12.6. The highest BCUT2D eigenvalue weighted by molar-refractivity contribution is 5.98. The second-order valence-electron chi connectivity index (χ2n) is 4.73. The molecule has 104 valence electrons. The topological polar surface area (TPSA) is 72.6 Å². The van der Waals surface area contributed by atoms with E-state index in [4.69, 9.17) is 9.26 Å². The predicted molar refractivity (Wildman–Crippen MR) is 66.7 cm³/mol. The number of carbonyl (C=O) groups is 2. The Kier molecular flexibility index (Phi) is 3.87. The highest BCUT2D eigenvalue weighted by atomic mass is 16.5. The van der Waals surface area contributed by atoms with Crippen LogP contribution in [-0.4, -0.2) is 41.6 Å². The van der Waals surface area contributed by atoms with Crippen LogP contribution in [0, 0.1) is 13.8 Å². The van der Waals surface area contributed by atoms with E-state index in [0.29, 0.717) is 30.0 Å². The summed E-state index contributed by atoms with van der Waals surface area (Å²) in [6.45, 7) is 3.98. The van der Waals surface area contributed by atoms with Crippen LogP contribution in [0.15, 0.2) is 4.52 Å². The number of hydrogen-bond acceptors (Lipinski definition) is 5. The first-order chi connectivity index (χ1) is 9.06. The average molecular weight is 266 g/mol. The Morgan fingerprint density at radius 2 is 2.11 bits per heavy atom. The van der Waals surface area contributed by atoms with Gasteiger partial charge in [-0.1, -0.05) is 5.16 Å². The van der Waals surface area contributed by atoms with Gasteiger partial charge in [-0.15, -0.1) is 0 Å². The third kappa shape index (κ3) is 2.47. The van der Waals surface area contributed by atoms with Gasteiger partial charge in [0.1, 0.15) is 17.4 Å². The van der Waals surface area contributed by atoms with Gasteiger partial charge in [0.25, 0.3) is 5.91 Å². The summed E-state index contributed by atoms with van der Waals surface area (Å²) in [4.78, 5) is 25.9.